The van der Waals surface area contributed by atoms with E-state index in [0.29, 0.717) is 24.1 Å². The van der Waals surface area contributed by atoms with Gasteiger partial charge in [-0.05, 0) is 47.8 Å². The fourth-order valence-electron chi connectivity index (χ4n) is 4.15. The van der Waals surface area contributed by atoms with Gasteiger partial charge in [0.25, 0.3) is 5.69 Å². The van der Waals surface area contributed by atoms with Gasteiger partial charge < -0.3 is 9.64 Å². The first-order valence-corrected chi connectivity index (χ1v) is 12.0. The lowest BCUT2D eigenvalue weighted by Crippen LogP contribution is -2.36. The third-order valence-electron chi connectivity index (χ3n) is 5.76. The van der Waals surface area contributed by atoms with Crippen LogP contribution < -0.4 is 0 Å². The zero-order valence-corrected chi connectivity index (χ0v) is 19.7. The molecule has 34 heavy (non-hydrogen) atoms. The highest BCUT2D eigenvalue weighted by Crippen LogP contribution is 2.35. The first-order valence-electron chi connectivity index (χ1n) is 10.8. The minimum Gasteiger partial charge on any atom is -0.378 e. The van der Waals surface area contributed by atoms with Crippen LogP contribution in [0.4, 0.5) is 5.69 Å². The molecule has 174 valence electrons. The van der Waals surface area contributed by atoms with Crippen LogP contribution in [-0.4, -0.2) is 57.9 Å². The summed E-state index contributed by atoms with van der Waals surface area (Å²) in [6.45, 7) is 2.95. The van der Waals surface area contributed by atoms with Gasteiger partial charge in [-0.1, -0.05) is 11.6 Å². The van der Waals surface area contributed by atoms with Gasteiger partial charge in [0.1, 0.15) is 5.69 Å². The fraction of sp³-hybridized carbons (Fsp3) is 0.261. The quantitative estimate of drug-likeness (QED) is 0.276. The van der Waals surface area contributed by atoms with Crippen LogP contribution in [-0.2, 0) is 4.74 Å². The molecule has 0 radical (unpaired) electrons. The molecule has 11 heteroatoms. The highest BCUT2D eigenvalue weighted by Gasteiger charge is 2.25. The summed E-state index contributed by atoms with van der Waals surface area (Å²) in [5.41, 5.74) is 5.14. The number of nitro benzene ring substituents is 1. The van der Waals surface area contributed by atoms with E-state index in [4.69, 9.17) is 16.3 Å². The number of ether oxygens (including phenoxy) is 1. The Morgan fingerprint density at radius 2 is 1.91 bits per heavy atom. The molecule has 0 N–H and O–H groups in total. The Morgan fingerprint density at radius 3 is 2.68 bits per heavy atom. The van der Waals surface area contributed by atoms with Gasteiger partial charge in [-0.15, -0.1) is 11.3 Å². The Morgan fingerprint density at radius 1 is 1.15 bits per heavy atom. The van der Waals surface area contributed by atoms with E-state index in [9.17, 15) is 10.1 Å². The Hall–Kier alpha value is -3.34. The largest absolute Gasteiger partial charge is 0.378 e. The van der Waals surface area contributed by atoms with E-state index >= 15 is 0 Å². The van der Waals surface area contributed by atoms with E-state index in [1.165, 1.54) is 29.0 Å². The van der Waals surface area contributed by atoms with Crippen LogP contribution in [0, 0.1) is 10.1 Å². The van der Waals surface area contributed by atoms with Crippen LogP contribution in [0.25, 0.3) is 11.0 Å². The summed E-state index contributed by atoms with van der Waals surface area (Å²) in [6.07, 6.45) is 9.11. The van der Waals surface area contributed by atoms with E-state index in [2.05, 4.69) is 26.2 Å². The van der Waals surface area contributed by atoms with Crippen LogP contribution in [0.5, 0.6) is 0 Å². The molecular weight excluding hydrogens is 476 g/mol. The van der Waals surface area contributed by atoms with Gasteiger partial charge >= 0.3 is 0 Å². The monoisotopic (exact) mass is 496 g/mol. The maximum Gasteiger partial charge on any atom is 0.269 e. The third-order valence-corrected chi connectivity index (χ3v) is 6.79. The molecule has 1 saturated heterocycles. The van der Waals surface area contributed by atoms with Gasteiger partial charge in [0.05, 0.1) is 30.6 Å². The van der Waals surface area contributed by atoms with Gasteiger partial charge in [-0.2, -0.15) is 10.2 Å². The number of nitrogens with zero attached hydrogens (tertiary/aromatic N) is 6. The number of rotatable bonds is 6. The minimum absolute atomic E-state index is 0.0845. The van der Waals surface area contributed by atoms with E-state index in [0.717, 1.165) is 47.7 Å². The summed E-state index contributed by atoms with van der Waals surface area (Å²) in [6, 6.07) is 6.61. The van der Waals surface area contributed by atoms with E-state index < -0.39 is 0 Å². The number of morpholine rings is 1. The van der Waals surface area contributed by atoms with Crippen molar-refractivity contribution in [2.75, 3.05) is 26.3 Å². The number of benzene rings is 1. The lowest BCUT2D eigenvalue weighted by atomic mass is 10.1. The highest BCUT2D eigenvalue weighted by molar-refractivity contribution is 7.15. The second-order valence-electron chi connectivity index (χ2n) is 7.82. The van der Waals surface area contributed by atoms with Crippen LogP contribution in [0.3, 0.4) is 0 Å². The van der Waals surface area contributed by atoms with E-state index in [-0.39, 0.29) is 10.6 Å². The number of non-ortho nitro benzene ring substituents is 1. The average Bonchev–Trinajstić information content (AvgIpc) is 3.53. The first-order chi connectivity index (χ1) is 16.6. The first kappa shape index (κ1) is 22.5. The SMILES string of the molecule is O=[N+]([O-])c1ccc(/C=C2\CCC(/C=N/N=C/c3c(Cl)nc4sccn34)=C2N2CCOCC2)cc1. The molecule has 0 amide bonds. The Labute approximate surface area is 204 Å². The summed E-state index contributed by atoms with van der Waals surface area (Å²) in [5.74, 6) is 0. The van der Waals surface area contributed by atoms with E-state index in [1.54, 1.807) is 24.6 Å². The summed E-state index contributed by atoms with van der Waals surface area (Å²) >= 11 is 7.73. The fourth-order valence-corrected chi connectivity index (χ4v) is 5.14. The molecule has 0 bridgehead atoms. The molecule has 5 rings (SSSR count). The Bertz CT molecular complexity index is 1330. The molecule has 2 aliphatic rings. The molecule has 1 aliphatic heterocycles. The Kier molecular flexibility index (Phi) is 6.52. The molecule has 1 fully saturated rings. The molecule has 1 aromatic carbocycles. The number of hydrogen-bond acceptors (Lipinski definition) is 8. The lowest BCUT2D eigenvalue weighted by Gasteiger charge is -2.31. The number of allylic oxidation sites excluding steroid dienone is 2. The number of aromatic nitrogens is 2. The van der Waals surface area contributed by atoms with Gasteiger partial charge in [0.2, 0.25) is 0 Å². The van der Waals surface area contributed by atoms with Crippen molar-refractivity contribution in [1.29, 1.82) is 0 Å². The average molecular weight is 497 g/mol. The van der Waals surface area contributed by atoms with Crippen molar-refractivity contribution in [3.8, 4) is 0 Å². The predicted octanol–water partition coefficient (Wildman–Crippen LogP) is 4.83. The second kappa shape index (κ2) is 9.88. The smallest absolute Gasteiger partial charge is 0.269 e. The third kappa shape index (κ3) is 4.65. The standard InChI is InChI=1S/C23H21ClN6O3S/c24-22-20(29-9-12-34-23(29)27-22)15-26-25-14-18-4-3-17(21(18)28-7-10-33-11-8-28)13-16-1-5-19(6-2-16)30(31)32/h1-2,5-6,9,12-15H,3-4,7-8,10-11H2/b17-13+,25-14+,26-15+. The molecule has 3 heterocycles. The number of halogens is 1. The van der Waals surface area contributed by atoms with Gasteiger partial charge in [-0.25, -0.2) is 4.98 Å². The van der Waals surface area contributed by atoms with Crippen LogP contribution >= 0.6 is 22.9 Å². The predicted molar refractivity (Wildman–Crippen MR) is 134 cm³/mol. The summed E-state index contributed by atoms with van der Waals surface area (Å²) in [4.78, 5) is 18.0. The maximum absolute atomic E-state index is 11.0. The van der Waals surface area contributed by atoms with Crippen molar-refractivity contribution < 1.29 is 9.66 Å². The van der Waals surface area contributed by atoms with Crippen molar-refractivity contribution in [1.82, 2.24) is 14.3 Å². The second-order valence-corrected chi connectivity index (χ2v) is 9.06. The molecular formula is C23H21ClN6O3S. The minimum atomic E-state index is -0.388. The van der Waals surface area contributed by atoms with Gasteiger partial charge in [0, 0.05) is 42.5 Å². The number of fused-ring (bicyclic) bond motifs is 1. The number of thiazole rings is 1. The molecule has 2 aromatic heterocycles. The molecule has 0 spiro atoms. The zero-order valence-electron chi connectivity index (χ0n) is 18.1. The van der Waals surface area contributed by atoms with Crippen LogP contribution in [0.1, 0.15) is 24.1 Å². The van der Waals surface area contributed by atoms with Crippen molar-refractivity contribution >= 4 is 52.1 Å². The van der Waals surface area contributed by atoms with Crippen molar-refractivity contribution in [2.24, 2.45) is 10.2 Å². The van der Waals surface area contributed by atoms with Crippen molar-refractivity contribution in [2.45, 2.75) is 12.8 Å². The summed E-state index contributed by atoms with van der Waals surface area (Å²) in [5, 5.41) is 21.8. The number of imidazole rings is 1. The normalized spacial score (nSPS) is 18.4. The molecule has 0 saturated carbocycles. The maximum atomic E-state index is 11.0. The van der Waals surface area contributed by atoms with Crippen molar-refractivity contribution in [3.05, 3.63) is 79.2 Å². The van der Waals surface area contributed by atoms with Gasteiger partial charge in [-0.3, -0.25) is 14.5 Å². The van der Waals surface area contributed by atoms with Gasteiger partial charge in [0.15, 0.2) is 10.1 Å². The van der Waals surface area contributed by atoms with E-state index in [1.807, 2.05) is 16.0 Å². The Balaban J connectivity index is 1.42. The number of nitro groups is 1. The molecule has 0 atom stereocenters. The molecule has 9 nitrogen and oxygen atoms in total. The number of hydrogen-bond donors (Lipinski definition) is 0. The van der Waals surface area contributed by atoms with Crippen LogP contribution in [0.2, 0.25) is 5.15 Å². The topological polar surface area (TPSA) is 97.6 Å². The lowest BCUT2D eigenvalue weighted by molar-refractivity contribution is -0.384. The summed E-state index contributed by atoms with van der Waals surface area (Å²) in [7, 11) is 0. The van der Waals surface area contributed by atoms with Crippen LogP contribution in [0.15, 0.2) is 62.9 Å². The molecule has 0 unspecified atom stereocenters. The van der Waals surface area contributed by atoms with Crippen molar-refractivity contribution in [3.63, 3.8) is 0 Å². The molecule has 1 aliphatic carbocycles. The zero-order chi connectivity index (χ0) is 23.5. The summed E-state index contributed by atoms with van der Waals surface area (Å²) < 4.78 is 7.42. The molecule has 3 aromatic rings. The highest BCUT2D eigenvalue weighted by atomic mass is 35.5.